The van der Waals surface area contributed by atoms with Gasteiger partial charge in [0.15, 0.2) is 0 Å². The number of amides is 1. The fourth-order valence-corrected chi connectivity index (χ4v) is 2.27. The Labute approximate surface area is 101 Å². The number of unbranched alkanes of at least 4 members (excludes halogenated alkanes) is 1. The molecular formula is C13H16ClNO. The Bertz CT molecular complexity index is 378. The molecule has 1 aromatic rings. The van der Waals surface area contributed by atoms with Gasteiger partial charge in [0.2, 0.25) is 0 Å². The normalized spacial score (nSPS) is 15.1. The molecule has 0 aromatic heterocycles. The van der Waals surface area contributed by atoms with Crippen LogP contribution in [0, 0.1) is 0 Å². The molecule has 2 rings (SSSR count). The smallest absolute Gasteiger partial charge is 0.254 e. The molecule has 1 amide bonds. The fourth-order valence-electron chi connectivity index (χ4n) is 2.08. The van der Waals surface area contributed by atoms with Gasteiger partial charge in [-0.1, -0.05) is 18.2 Å². The van der Waals surface area contributed by atoms with Crippen molar-refractivity contribution in [2.45, 2.75) is 19.3 Å². The minimum absolute atomic E-state index is 0.177. The van der Waals surface area contributed by atoms with Crippen molar-refractivity contribution in [2.75, 3.05) is 19.0 Å². The zero-order chi connectivity index (χ0) is 11.4. The van der Waals surface area contributed by atoms with E-state index >= 15 is 0 Å². The van der Waals surface area contributed by atoms with Crippen LogP contribution in [-0.2, 0) is 6.42 Å². The lowest BCUT2D eigenvalue weighted by molar-refractivity contribution is 0.0737. The first-order valence-electron chi connectivity index (χ1n) is 5.76. The predicted octanol–water partition coefficient (Wildman–Crippen LogP) is 2.70. The minimum Gasteiger partial charge on any atom is -0.338 e. The number of halogens is 1. The lowest BCUT2D eigenvalue weighted by atomic mass is 9.99. The van der Waals surface area contributed by atoms with E-state index < -0.39 is 0 Å². The molecule has 86 valence electrons. The van der Waals surface area contributed by atoms with Crippen molar-refractivity contribution in [3.05, 3.63) is 35.4 Å². The van der Waals surface area contributed by atoms with E-state index in [-0.39, 0.29) is 5.91 Å². The van der Waals surface area contributed by atoms with Crippen LogP contribution >= 0.6 is 11.6 Å². The molecule has 1 heterocycles. The van der Waals surface area contributed by atoms with Gasteiger partial charge in [-0.05, 0) is 30.9 Å². The highest BCUT2D eigenvalue weighted by Gasteiger charge is 2.22. The van der Waals surface area contributed by atoms with Gasteiger partial charge in [0.25, 0.3) is 5.91 Å². The lowest BCUT2D eigenvalue weighted by Crippen LogP contribution is -2.38. The molecule has 2 nitrogen and oxygen atoms in total. The van der Waals surface area contributed by atoms with E-state index in [1.807, 2.05) is 29.2 Å². The minimum atomic E-state index is 0.177. The molecule has 1 aromatic carbocycles. The van der Waals surface area contributed by atoms with Crippen LogP contribution < -0.4 is 0 Å². The monoisotopic (exact) mass is 237 g/mol. The Hall–Kier alpha value is -1.02. The maximum atomic E-state index is 12.1. The van der Waals surface area contributed by atoms with E-state index in [9.17, 15) is 4.79 Å². The second-order valence-electron chi connectivity index (χ2n) is 4.10. The van der Waals surface area contributed by atoms with Crippen molar-refractivity contribution in [2.24, 2.45) is 0 Å². The number of nitrogens with zero attached hydrogens (tertiary/aromatic N) is 1. The average Bonchev–Trinajstić information content (AvgIpc) is 2.33. The third-order valence-corrected chi connectivity index (χ3v) is 3.26. The molecule has 0 saturated heterocycles. The topological polar surface area (TPSA) is 20.3 Å². The summed E-state index contributed by atoms with van der Waals surface area (Å²) in [7, 11) is 0. The zero-order valence-corrected chi connectivity index (χ0v) is 10.0. The van der Waals surface area contributed by atoms with Gasteiger partial charge in [-0.25, -0.2) is 0 Å². The molecule has 0 bridgehead atoms. The standard InChI is InChI=1S/C13H16ClNO/c14-8-3-4-9-15-10-7-11-5-1-2-6-12(11)13(15)16/h1-2,5-6H,3-4,7-10H2. The zero-order valence-electron chi connectivity index (χ0n) is 9.29. The van der Waals surface area contributed by atoms with Crippen LogP contribution in [0.2, 0.25) is 0 Å². The van der Waals surface area contributed by atoms with Gasteiger partial charge < -0.3 is 4.90 Å². The van der Waals surface area contributed by atoms with Crippen LogP contribution in [-0.4, -0.2) is 29.8 Å². The van der Waals surface area contributed by atoms with E-state index in [4.69, 9.17) is 11.6 Å². The summed E-state index contributed by atoms with van der Waals surface area (Å²) in [6.45, 7) is 1.68. The van der Waals surface area contributed by atoms with Crippen molar-refractivity contribution in [3.63, 3.8) is 0 Å². The second kappa shape index (κ2) is 5.35. The van der Waals surface area contributed by atoms with E-state index in [2.05, 4.69) is 0 Å². The molecule has 0 saturated carbocycles. The highest BCUT2D eigenvalue weighted by atomic mass is 35.5. The molecule has 0 unspecified atom stereocenters. The summed E-state index contributed by atoms with van der Waals surface area (Å²) in [4.78, 5) is 14.0. The Balaban J connectivity index is 2.03. The number of carbonyl (C=O) groups excluding carboxylic acids is 1. The summed E-state index contributed by atoms with van der Waals surface area (Å²) in [6.07, 6.45) is 2.95. The first kappa shape index (κ1) is 11.5. The SMILES string of the molecule is O=C1c2ccccc2CCN1CCCCCl. The number of carbonyl (C=O) groups is 1. The van der Waals surface area contributed by atoms with Crippen LogP contribution in [0.3, 0.4) is 0 Å². The van der Waals surface area contributed by atoms with Gasteiger partial charge in [0.1, 0.15) is 0 Å². The largest absolute Gasteiger partial charge is 0.338 e. The molecular weight excluding hydrogens is 222 g/mol. The number of fused-ring (bicyclic) bond motifs is 1. The molecule has 0 radical (unpaired) electrons. The number of hydrogen-bond acceptors (Lipinski definition) is 1. The van der Waals surface area contributed by atoms with E-state index in [0.717, 1.165) is 37.9 Å². The summed E-state index contributed by atoms with van der Waals surface area (Å²) >= 11 is 5.63. The summed E-state index contributed by atoms with van der Waals surface area (Å²) in [5, 5.41) is 0. The maximum Gasteiger partial charge on any atom is 0.254 e. The van der Waals surface area contributed by atoms with Gasteiger partial charge in [0, 0.05) is 24.5 Å². The Morgan fingerprint density at radius 1 is 1.25 bits per heavy atom. The molecule has 3 heteroatoms. The molecule has 0 aliphatic carbocycles. The van der Waals surface area contributed by atoms with Gasteiger partial charge in [-0.3, -0.25) is 4.79 Å². The summed E-state index contributed by atoms with van der Waals surface area (Å²) in [5.74, 6) is 0.856. The highest BCUT2D eigenvalue weighted by Crippen LogP contribution is 2.18. The van der Waals surface area contributed by atoms with E-state index in [1.54, 1.807) is 0 Å². The molecule has 1 aliphatic rings. The van der Waals surface area contributed by atoms with Crippen molar-refractivity contribution >= 4 is 17.5 Å². The fraction of sp³-hybridized carbons (Fsp3) is 0.462. The van der Waals surface area contributed by atoms with Crippen LogP contribution in [0.4, 0.5) is 0 Å². The molecule has 16 heavy (non-hydrogen) atoms. The highest BCUT2D eigenvalue weighted by molar-refractivity contribution is 6.17. The van der Waals surface area contributed by atoms with Crippen LogP contribution in [0.5, 0.6) is 0 Å². The number of rotatable bonds is 4. The first-order chi connectivity index (χ1) is 7.83. The van der Waals surface area contributed by atoms with Crippen molar-refractivity contribution in [1.29, 1.82) is 0 Å². The second-order valence-corrected chi connectivity index (χ2v) is 4.47. The third kappa shape index (κ3) is 2.38. The Morgan fingerprint density at radius 2 is 2.06 bits per heavy atom. The molecule has 0 atom stereocenters. The Morgan fingerprint density at radius 3 is 2.88 bits per heavy atom. The summed E-state index contributed by atoms with van der Waals surface area (Å²) < 4.78 is 0. The summed E-state index contributed by atoms with van der Waals surface area (Å²) in [5.41, 5.74) is 2.06. The Kier molecular flexibility index (Phi) is 3.83. The van der Waals surface area contributed by atoms with Gasteiger partial charge >= 0.3 is 0 Å². The maximum absolute atomic E-state index is 12.1. The van der Waals surface area contributed by atoms with E-state index in [0.29, 0.717) is 5.88 Å². The summed E-state index contributed by atoms with van der Waals surface area (Å²) in [6, 6.07) is 7.89. The number of alkyl halides is 1. The molecule has 0 N–H and O–H groups in total. The van der Waals surface area contributed by atoms with Gasteiger partial charge in [0.05, 0.1) is 0 Å². The number of benzene rings is 1. The third-order valence-electron chi connectivity index (χ3n) is 3.00. The van der Waals surface area contributed by atoms with E-state index in [1.165, 1.54) is 5.56 Å². The van der Waals surface area contributed by atoms with Crippen LogP contribution in [0.1, 0.15) is 28.8 Å². The predicted molar refractivity (Wildman–Crippen MR) is 66.0 cm³/mol. The van der Waals surface area contributed by atoms with Crippen LogP contribution in [0.25, 0.3) is 0 Å². The number of hydrogen-bond donors (Lipinski definition) is 0. The molecule has 1 aliphatic heterocycles. The first-order valence-corrected chi connectivity index (χ1v) is 6.29. The molecule has 0 fully saturated rings. The van der Waals surface area contributed by atoms with Crippen LogP contribution in [0.15, 0.2) is 24.3 Å². The van der Waals surface area contributed by atoms with Gasteiger partial charge in [-0.15, -0.1) is 11.6 Å². The van der Waals surface area contributed by atoms with Gasteiger partial charge in [-0.2, -0.15) is 0 Å². The van der Waals surface area contributed by atoms with Crippen molar-refractivity contribution < 1.29 is 4.79 Å². The van der Waals surface area contributed by atoms with Crippen molar-refractivity contribution in [1.82, 2.24) is 4.90 Å². The van der Waals surface area contributed by atoms with Crippen molar-refractivity contribution in [3.8, 4) is 0 Å². The lowest BCUT2D eigenvalue weighted by Gasteiger charge is -2.28. The quantitative estimate of drug-likeness (QED) is 0.583. The average molecular weight is 238 g/mol. The molecule has 0 spiro atoms.